The average Bonchev–Trinajstić information content (AvgIpc) is 2.43. The lowest BCUT2D eigenvalue weighted by molar-refractivity contribution is -0.127. The van der Waals surface area contributed by atoms with Crippen molar-refractivity contribution >= 4 is 11.9 Å². The Balaban J connectivity index is 2.55. The second kappa shape index (κ2) is 8.14. The van der Waals surface area contributed by atoms with E-state index in [1.165, 1.54) is 18.5 Å². The molecule has 0 saturated carbocycles. The summed E-state index contributed by atoms with van der Waals surface area (Å²) in [6.07, 6.45) is 4.96. The van der Waals surface area contributed by atoms with Gasteiger partial charge >= 0.3 is 5.97 Å². The van der Waals surface area contributed by atoms with Crippen LogP contribution >= 0.6 is 0 Å². The number of carbonyl (C=O) groups excluding carboxylic acids is 1. The number of hydrogen-bond acceptors (Lipinski definition) is 4. The Kier molecular flexibility index (Phi) is 6.49. The zero-order valence-corrected chi connectivity index (χ0v) is 11.8. The van der Waals surface area contributed by atoms with Crippen LogP contribution in [0.25, 0.3) is 0 Å². The van der Waals surface area contributed by atoms with Gasteiger partial charge in [-0.15, -0.1) is 0 Å². The van der Waals surface area contributed by atoms with Gasteiger partial charge in [-0.05, 0) is 19.4 Å². The van der Waals surface area contributed by atoms with E-state index in [1.54, 1.807) is 6.92 Å². The van der Waals surface area contributed by atoms with Gasteiger partial charge in [0.1, 0.15) is 5.56 Å². The normalized spacial score (nSPS) is 11.7. The van der Waals surface area contributed by atoms with Crippen LogP contribution < -0.4 is 10.1 Å². The van der Waals surface area contributed by atoms with Gasteiger partial charge in [0.05, 0.1) is 6.20 Å². The molecule has 6 heteroatoms. The molecule has 0 aliphatic heterocycles. The van der Waals surface area contributed by atoms with Gasteiger partial charge < -0.3 is 15.2 Å². The number of nitrogens with one attached hydrogen (secondary N) is 1. The predicted octanol–water partition coefficient (Wildman–Crippen LogP) is 1.85. The van der Waals surface area contributed by atoms with Crippen LogP contribution in [0.5, 0.6) is 5.75 Å². The van der Waals surface area contributed by atoms with Crippen LogP contribution in [0.4, 0.5) is 0 Å². The average molecular weight is 280 g/mol. The molecule has 110 valence electrons. The quantitative estimate of drug-likeness (QED) is 0.709. The minimum atomic E-state index is -1.11. The molecular weight excluding hydrogens is 260 g/mol. The van der Waals surface area contributed by atoms with Gasteiger partial charge in [0.25, 0.3) is 5.91 Å². The summed E-state index contributed by atoms with van der Waals surface area (Å²) in [4.78, 5) is 26.6. The van der Waals surface area contributed by atoms with Gasteiger partial charge in [-0.3, -0.25) is 9.78 Å². The second-order valence-electron chi connectivity index (χ2n) is 4.44. The van der Waals surface area contributed by atoms with Gasteiger partial charge in [0.15, 0.2) is 11.9 Å². The van der Waals surface area contributed by atoms with Crippen LogP contribution in [0.1, 0.15) is 43.5 Å². The molecule has 0 aliphatic rings. The molecule has 0 radical (unpaired) electrons. The maximum absolute atomic E-state index is 11.8. The highest BCUT2D eigenvalue weighted by Gasteiger charge is 2.18. The fourth-order valence-electron chi connectivity index (χ4n) is 1.62. The maximum atomic E-state index is 11.8. The fourth-order valence-corrected chi connectivity index (χ4v) is 1.62. The number of aromatic nitrogens is 1. The van der Waals surface area contributed by atoms with Crippen LogP contribution in [-0.2, 0) is 4.79 Å². The molecule has 1 heterocycles. The Hall–Kier alpha value is -2.11. The summed E-state index contributed by atoms with van der Waals surface area (Å²) in [5.74, 6) is -1.28. The monoisotopic (exact) mass is 280 g/mol. The highest BCUT2D eigenvalue weighted by molar-refractivity contribution is 5.90. The number of rotatable bonds is 8. The van der Waals surface area contributed by atoms with Gasteiger partial charge in [-0.25, -0.2) is 4.79 Å². The molecule has 2 N–H and O–H groups in total. The summed E-state index contributed by atoms with van der Waals surface area (Å²) < 4.78 is 5.37. The number of pyridine rings is 1. The second-order valence-corrected chi connectivity index (χ2v) is 4.44. The summed E-state index contributed by atoms with van der Waals surface area (Å²) in [5.41, 5.74) is -0.00867. The highest BCUT2D eigenvalue weighted by Crippen LogP contribution is 2.17. The van der Waals surface area contributed by atoms with Gasteiger partial charge in [-0.2, -0.15) is 0 Å². The third kappa shape index (κ3) is 4.87. The third-order valence-electron chi connectivity index (χ3n) is 2.77. The van der Waals surface area contributed by atoms with Crippen molar-refractivity contribution in [3.05, 3.63) is 24.0 Å². The summed E-state index contributed by atoms with van der Waals surface area (Å²) in [5, 5.41) is 11.8. The van der Waals surface area contributed by atoms with Crippen molar-refractivity contribution in [3.8, 4) is 5.75 Å². The zero-order chi connectivity index (χ0) is 15.0. The standard InChI is InChI=1S/C14H20N2O4/c1-3-4-5-7-16-13(17)10(2)20-12-9-15-8-6-11(12)14(18)19/h6,8-10H,3-5,7H2,1-2H3,(H,16,17)(H,18,19). The number of aromatic carboxylic acids is 1. The molecule has 20 heavy (non-hydrogen) atoms. The first kappa shape index (κ1) is 15.9. The smallest absolute Gasteiger partial charge is 0.339 e. The third-order valence-corrected chi connectivity index (χ3v) is 2.77. The molecule has 1 rings (SSSR count). The molecule has 0 fully saturated rings. The molecule has 1 amide bonds. The first-order valence-corrected chi connectivity index (χ1v) is 6.68. The Labute approximate surface area is 118 Å². The topological polar surface area (TPSA) is 88.5 Å². The lowest BCUT2D eigenvalue weighted by atomic mass is 10.2. The lowest BCUT2D eigenvalue weighted by Crippen LogP contribution is -2.37. The summed E-state index contributed by atoms with van der Waals surface area (Å²) >= 11 is 0. The molecule has 0 saturated heterocycles. The van der Waals surface area contributed by atoms with E-state index in [2.05, 4.69) is 17.2 Å². The maximum Gasteiger partial charge on any atom is 0.339 e. The molecule has 0 spiro atoms. The predicted molar refractivity (Wildman–Crippen MR) is 73.8 cm³/mol. The Morgan fingerprint density at radius 2 is 2.20 bits per heavy atom. The van der Waals surface area contributed by atoms with Crippen LogP contribution in [0.3, 0.4) is 0 Å². The Morgan fingerprint density at radius 3 is 2.85 bits per heavy atom. The van der Waals surface area contributed by atoms with Crippen molar-refractivity contribution in [1.82, 2.24) is 10.3 Å². The van der Waals surface area contributed by atoms with Crippen LogP contribution in [0.15, 0.2) is 18.5 Å². The molecule has 1 unspecified atom stereocenters. The van der Waals surface area contributed by atoms with E-state index in [1.807, 2.05) is 0 Å². The number of ether oxygens (including phenoxy) is 1. The Bertz CT molecular complexity index is 462. The molecule has 0 aromatic carbocycles. The number of unbranched alkanes of at least 4 members (excludes halogenated alkanes) is 2. The van der Waals surface area contributed by atoms with Gasteiger partial charge in [0.2, 0.25) is 0 Å². The van der Waals surface area contributed by atoms with Gasteiger partial charge in [0, 0.05) is 12.7 Å². The minimum absolute atomic E-state index is 0.00867. The molecule has 0 bridgehead atoms. The molecule has 6 nitrogen and oxygen atoms in total. The number of nitrogens with zero attached hydrogens (tertiary/aromatic N) is 1. The van der Waals surface area contributed by atoms with E-state index in [4.69, 9.17) is 9.84 Å². The Morgan fingerprint density at radius 1 is 1.45 bits per heavy atom. The van der Waals surface area contributed by atoms with Crippen molar-refractivity contribution < 1.29 is 19.4 Å². The molecule has 1 atom stereocenters. The zero-order valence-electron chi connectivity index (χ0n) is 11.8. The first-order chi connectivity index (χ1) is 9.56. The van der Waals surface area contributed by atoms with Crippen molar-refractivity contribution in [2.24, 2.45) is 0 Å². The first-order valence-electron chi connectivity index (χ1n) is 6.68. The van der Waals surface area contributed by atoms with E-state index in [-0.39, 0.29) is 17.2 Å². The summed E-state index contributed by atoms with van der Waals surface area (Å²) in [7, 11) is 0. The van der Waals surface area contributed by atoms with E-state index >= 15 is 0 Å². The highest BCUT2D eigenvalue weighted by atomic mass is 16.5. The summed E-state index contributed by atoms with van der Waals surface area (Å²) in [6, 6.07) is 1.34. The molecule has 0 aliphatic carbocycles. The van der Waals surface area contributed by atoms with Crippen LogP contribution in [0.2, 0.25) is 0 Å². The number of hydrogen-bond donors (Lipinski definition) is 2. The number of carbonyl (C=O) groups is 2. The molecule has 1 aromatic heterocycles. The van der Waals surface area contributed by atoms with E-state index in [9.17, 15) is 9.59 Å². The van der Waals surface area contributed by atoms with Crippen LogP contribution in [0, 0.1) is 0 Å². The van der Waals surface area contributed by atoms with Crippen LogP contribution in [-0.4, -0.2) is 34.6 Å². The summed E-state index contributed by atoms with van der Waals surface area (Å²) in [6.45, 7) is 4.26. The van der Waals surface area contributed by atoms with E-state index < -0.39 is 12.1 Å². The molecular formula is C14H20N2O4. The number of carboxylic acids is 1. The number of amides is 1. The van der Waals surface area contributed by atoms with E-state index in [0.717, 1.165) is 19.3 Å². The fraction of sp³-hybridized carbons (Fsp3) is 0.500. The lowest BCUT2D eigenvalue weighted by Gasteiger charge is -2.15. The van der Waals surface area contributed by atoms with Crippen molar-refractivity contribution in [2.75, 3.05) is 6.54 Å². The molecule has 1 aromatic rings. The van der Waals surface area contributed by atoms with Gasteiger partial charge in [-0.1, -0.05) is 19.8 Å². The van der Waals surface area contributed by atoms with E-state index in [0.29, 0.717) is 6.54 Å². The SMILES string of the molecule is CCCCCNC(=O)C(C)Oc1cnccc1C(=O)O. The van der Waals surface area contributed by atoms with Crippen molar-refractivity contribution in [3.63, 3.8) is 0 Å². The number of carboxylic acid groups (broad SMARTS) is 1. The van der Waals surface area contributed by atoms with Crippen molar-refractivity contribution in [2.45, 2.75) is 39.2 Å². The largest absolute Gasteiger partial charge is 0.478 e. The minimum Gasteiger partial charge on any atom is -0.478 e. The van der Waals surface area contributed by atoms with Crippen molar-refractivity contribution in [1.29, 1.82) is 0 Å².